The van der Waals surface area contributed by atoms with Crippen LogP contribution in [0.25, 0.3) is 0 Å². The molecule has 1 fully saturated rings. The van der Waals surface area contributed by atoms with Gasteiger partial charge in [0.15, 0.2) is 6.29 Å². The van der Waals surface area contributed by atoms with Crippen molar-refractivity contribution in [3.63, 3.8) is 0 Å². The number of aliphatic hydroxyl groups excluding tert-OH is 5. The molecule has 1 heterocycles. The molecule has 1 amide bonds. The van der Waals surface area contributed by atoms with Gasteiger partial charge in [-0.2, -0.15) is 0 Å². The molecule has 1 saturated heterocycles. The van der Waals surface area contributed by atoms with Gasteiger partial charge in [0, 0.05) is 6.42 Å². The van der Waals surface area contributed by atoms with E-state index in [2.05, 4.69) is 55.6 Å². The molecule has 55 heavy (non-hydrogen) atoms. The fourth-order valence-electron chi connectivity index (χ4n) is 6.74. The van der Waals surface area contributed by atoms with Crippen molar-refractivity contribution >= 4 is 5.91 Å². The van der Waals surface area contributed by atoms with Crippen LogP contribution in [-0.2, 0) is 14.3 Å². The van der Waals surface area contributed by atoms with E-state index >= 15 is 0 Å². The Hall–Kier alpha value is -1.85. The van der Waals surface area contributed by atoms with Crippen molar-refractivity contribution in [2.24, 2.45) is 0 Å². The summed E-state index contributed by atoms with van der Waals surface area (Å²) in [5.74, 6) is -0.194. The van der Waals surface area contributed by atoms with Gasteiger partial charge in [-0.3, -0.25) is 4.79 Å². The molecule has 0 radical (unpaired) electrons. The summed E-state index contributed by atoms with van der Waals surface area (Å²) in [6.45, 7) is 3.62. The molecule has 0 aromatic heterocycles. The third-order valence-corrected chi connectivity index (χ3v) is 10.4. The predicted molar refractivity (Wildman–Crippen MR) is 226 cm³/mol. The first-order valence-electron chi connectivity index (χ1n) is 22.4. The minimum Gasteiger partial charge on any atom is -0.394 e. The van der Waals surface area contributed by atoms with Crippen molar-refractivity contribution in [1.29, 1.82) is 0 Å². The van der Waals surface area contributed by atoms with Crippen molar-refractivity contribution in [3.05, 3.63) is 48.6 Å². The summed E-state index contributed by atoms with van der Waals surface area (Å²) in [6, 6.07) is -0.819. The van der Waals surface area contributed by atoms with Crippen molar-refractivity contribution in [2.75, 3.05) is 13.2 Å². The highest BCUT2D eigenvalue weighted by atomic mass is 16.7. The summed E-state index contributed by atoms with van der Waals surface area (Å²) in [4.78, 5) is 12.9. The largest absolute Gasteiger partial charge is 0.394 e. The number of unbranched alkanes of at least 4 members (excludes halogenated alkanes) is 20. The fraction of sp³-hybridized carbons (Fsp3) is 0.804. The molecule has 0 saturated carbocycles. The fourth-order valence-corrected chi connectivity index (χ4v) is 6.74. The highest BCUT2D eigenvalue weighted by Crippen LogP contribution is 2.22. The van der Waals surface area contributed by atoms with E-state index in [9.17, 15) is 30.3 Å². The van der Waals surface area contributed by atoms with Gasteiger partial charge in [-0.15, -0.1) is 0 Å². The monoisotopic (exact) mass is 778 g/mol. The Balaban J connectivity index is 2.19. The van der Waals surface area contributed by atoms with Crippen LogP contribution in [0.2, 0.25) is 0 Å². The normalized spacial score (nSPS) is 21.8. The summed E-state index contributed by atoms with van der Waals surface area (Å²) in [6.07, 6.45) is 39.1. The molecule has 0 bridgehead atoms. The first-order valence-corrected chi connectivity index (χ1v) is 22.4. The van der Waals surface area contributed by atoms with Crippen molar-refractivity contribution in [3.8, 4) is 0 Å². The molecule has 9 nitrogen and oxygen atoms in total. The lowest BCUT2D eigenvalue weighted by atomic mass is 9.99. The average molecular weight is 778 g/mol. The van der Waals surface area contributed by atoms with Gasteiger partial charge in [0.05, 0.1) is 25.4 Å². The molecule has 0 aromatic carbocycles. The molecule has 1 aliphatic heterocycles. The van der Waals surface area contributed by atoms with Crippen LogP contribution in [0.5, 0.6) is 0 Å². The smallest absolute Gasteiger partial charge is 0.220 e. The van der Waals surface area contributed by atoms with Gasteiger partial charge in [0.25, 0.3) is 0 Å². The summed E-state index contributed by atoms with van der Waals surface area (Å²) < 4.78 is 11.1. The van der Waals surface area contributed by atoms with Gasteiger partial charge in [0.1, 0.15) is 24.4 Å². The van der Waals surface area contributed by atoms with Crippen LogP contribution in [0, 0.1) is 0 Å². The van der Waals surface area contributed by atoms with Gasteiger partial charge in [-0.05, 0) is 57.8 Å². The lowest BCUT2D eigenvalue weighted by molar-refractivity contribution is -0.302. The third-order valence-electron chi connectivity index (χ3n) is 10.4. The zero-order valence-corrected chi connectivity index (χ0v) is 34.9. The van der Waals surface area contributed by atoms with Crippen LogP contribution in [0.1, 0.15) is 181 Å². The van der Waals surface area contributed by atoms with Crippen molar-refractivity contribution in [2.45, 2.75) is 224 Å². The van der Waals surface area contributed by atoms with E-state index in [4.69, 9.17) is 9.47 Å². The quantitative estimate of drug-likeness (QED) is 0.0273. The van der Waals surface area contributed by atoms with Gasteiger partial charge >= 0.3 is 0 Å². The summed E-state index contributed by atoms with van der Waals surface area (Å²) in [7, 11) is 0. The van der Waals surface area contributed by atoms with E-state index in [1.165, 1.54) is 109 Å². The molecule has 9 heteroatoms. The van der Waals surface area contributed by atoms with Gasteiger partial charge in [-0.1, -0.05) is 165 Å². The zero-order valence-electron chi connectivity index (χ0n) is 34.9. The van der Waals surface area contributed by atoms with Crippen LogP contribution in [0.15, 0.2) is 48.6 Å². The first kappa shape index (κ1) is 51.2. The molecule has 1 rings (SSSR count). The van der Waals surface area contributed by atoms with E-state index in [0.717, 1.165) is 51.4 Å². The summed E-state index contributed by atoms with van der Waals surface area (Å²) >= 11 is 0. The topological polar surface area (TPSA) is 149 Å². The molecule has 6 N–H and O–H groups in total. The Labute approximate surface area is 335 Å². The lowest BCUT2D eigenvalue weighted by Crippen LogP contribution is -2.60. The summed E-state index contributed by atoms with van der Waals surface area (Å²) in [5, 5.41) is 53.8. The number of carbonyl (C=O) groups excluding carboxylic acids is 1. The standard InChI is InChI=1S/C46H83NO8/c1-3-5-7-9-11-12-13-14-15-16-17-18-19-20-21-22-23-24-25-26-27-28-30-32-34-36-42(50)47-39(40(49)35-33-31-29-10-8-6-4-2)38-54-46-45(53)44(52)43(51)41(37-48)55-46/h8,10,13-14,16-17,33,35,39-41,43-46,48-49,51-53H,3-7,9,11-12,15,18-32,34,36-38H2,1-2H3,(H,47,50)/b10-8+,14-13-,17-16-,35-33+. The van der Waals surface area contributed by atoms with Crippen molar-refractivity contribution < 1.29 is 39.8 Å². The Morgan fingerprint density at radius 2 is 1.13 bits per heavy atom. The van der Waals surface area contributed by atoms with Crippen LogP contribution in [0.4, 0.5) is 0 Å². The number of allylic oxidation sites excluding steroid dienone is 7. The second kappa shape index (κ2) is 36.5. The van der Waals surface area contributed by atoms with E-state index in [0.29, 0.717) is 6.42 Å². The Kier molecular flexibility index (Phi) is 33.9. The molecule has 7 atom stereocenters. The van der Waals surface area contributed by atoms with Gasteiger partial charge in [0.2, 0.25) is 5.91 Å². The Morgan fingerprint density at radius 3 is 1.69 bits per heavy atom. The molecule has 7 unspecified atom stereocenters. The highest BCUT2D eigenvalue weighted by Gasteiger charge is 2.44. The lowest BCUT2D eigenvalue weighted by Gasteiger charge is -2.40. The third kappa shape index (κ3) is 27.4. The number of hydrogen-bond acceptors (Lipinski definition) is 8. The van der Waals surface area contributed by atoms with Crippen LogP contribution >= 0.6 is 0 Å². The van der Waals surface area contributed by atoms with Gasteiger partial charge < -0.3 is 40.3 Å². The summed E-state index contributed by atoms with van der Waals surface area (Å²) in [5.41, 5.74) is 0. The number of ether oxygens (including phenoxy) is 2. The molecule has 0 aromatic rings. The van der Waals surface area contributed by atoms with E-state index in [1.807, 2.05) is 6.08 Å². The molecule has 320 valence electrons. The SMILES string of the molecule is CCC/C=C/CC/C=C/C(O)C(COC1OC(CO)C(O)C(O)C1O)NC(=O)CCCCCCCCCCCCCCC/C=C\C/C=C\CCCCCCC. The molecule has 0 spiro atoms. The minimum atomic E-state index is -1.57. The molecule has 1 aliphatic rings. The average Bonchev–Trinajstić information content (AvgIpc) is 3.18. The predicted octanol–water partition coefficient (Wildman–Crippen LogP) is 9.06. The number of rotatable bonds is 36. The van der Waals surface area contributed by atoms with E-state index in [-0.39, 0.29) is 12.5 Å². The van der Waals surface area contributed by atoms with Crippen LogP contribution in [0.3, 0.4) is 0 Å². The van der Waals surface area contributed by atoms with E-state index < -0.39 is 49.5 Å². The maximum Gasteiger partial charge on any atom is 0.220 e. The zero-order chi connectivity index (χ0) is 40.2. The number of aliphatic hydroxyl groups is 5. The second-order valence-electron chi connectivity index (χ2n) is 15.5. The molecule has 0 aliphatic carbocycles. The van der Waals surface area contributed by atoms with E-state index in [1.54, 1.807) is 6.08 Å². The van der Waals surface area contributed by atoms with Gasteiger partial charge in [-0.25, -0.2) is 0 Å². The number of nitrogens with one attached hydrogen (secondary N) is 1. The maximum atomic E-state index is 12.9. The van der Waals surface area contributed by atoms with Crippen LogP contribution in [-0.4, -0.2) is 87.5 Å². The molecular formula is C46H83NO8. The van der Waals surface area contributed by atoms with Crippen molar-refractivity contribution in [1.82, 2.24) is 5.32 Å². The molecular weight excluding hydrogens is 695 g/mol. The Bertz CT molecular complexity index is 998. The first-order chi connectivity index (χ1) is 26.8. The maximum absolute atomic E-state index is 12.9. The second-order valence-corrected chi connectivity index (χ2v) is 15.5. The highest BCUT2D eigenvalue weighted by molar-refractivity contribution is 5.76. The minimum absolute atomic E-state index is 0.194. The number of carbonyl (C=O) groups is 1. The Morgan fingerprint density at radius 1 is 0.618 bits per heavy atom. The number of amides is 1. The number of hydrogen-bond donors (Lipinski definition) is 6. The van der Waals surface area contributed by atoms with Crippen LogP contribution < -0.4 is 5.32 Å².